The third-order valence-electron chi connectivity index (χ3n) is 4.25. The molecule has 0 aliphatic rings. The number of ether oxygens (including phenoxy) is 3. The number of esters is 1. The molecule has 0 radical (unpaired) electrons. The van der Waals surface area contributed by atoms with E-state index in [9.17, 15) is 14.4 Å². The summed E-state index contributed by atoms with van der Waals surface area (Å²) >= 11 is 0. The van der Waals surface area contributed by atoms with Gasteiger partial charge in [-0.3, -0.25) is 18.8 Å². The van der Waals surface area contributed by atoms with Gasteiger partial charge in [0.1, 0.15) is 30.3 Å². The monoisotopic (exact) mass is 411 g/mol. The molecule has 0 saturated heterocycles. The van der Waals surface area contributed by atoms with Crippen LogP contribution in [0.4, 0.5) is 0 Å². The van der Waals surface area contributed by atoms with Crippen LogP contribution in [0.25, 0.3) is 5.65 Å². The van der Waals surface area contributed by atoms with E-state index >= 15 is 0 Å². The minimum atomic E-state index is -0.663. The van der Waals surface area contributed by atoms with Crippen LogP contribution in [0.3, 0.4) is 0 Å². The van der Waals surface area contributed by atoms with Crippen molar-refractivity contribution >= 4 is 17.5 Å². The molecule has 156 valence electrons. The molecule has 0 saturated carbocycles. The number of hydrogen-bond donors (Lipinski definition) is 1. The standard InChI is InChI=1S/C21H21N3O6/c1-13-4-5-18-23-15(8-19(25)24(18)11-13)12-30-20(26)10-22-21(27)14-6-16(28-2)9-17(7-14)29-3/h4-9,11H,10,12H2,1-3H3,(H,22,27). The second kappa shape index (κ2) is 9.08. The first kappa shape index (κ1) is 20.8. The number of aryl methyl sites for hydroxylation is 1. The lowest BCUT2D eigenvalue weighted by molar-refractivity contribution is -0.143. The summed E-state index contributed by atoms with van der Waals surface area (Å²) in [7, 11) is 2.95. The van der Waals surface area contributed by atoms with Gasteiger partial charge in [0.25, 0.3) is 11.5 Å². The number of carbonyl (C=O) groups excluding carboxylic acids is 2. The number of rotatable bonds is 7. The molecule has 9 nitrogen and oxygen atoms in total. The van der Waals surface area contributed by atoms with Gasteiger partial charge in [-0.2, -0.15) is 0 Å². The van der Waals surface area contributed by atoms with Gasteiger partial charge >= 0.3 is 5.97 Å². The van der Waals surface area contributed by atoms with Crippen molar-refractivity contribution in [2.24, 2.45) is 0 Å². The Morgan fingerprint density at radius 2 is 1.77 bits per heavy atom. The highest BCUT2D eigenvalue weighted by Crippen LogP contribution is 2.22. The zero-order valence-corrected chi connectivity index (χ0v) is 16.8. The lowest BCUT2D eigenvalue weighted by Crippen LogP contribution is -2.30. The summed E-state index contributed by atoms with van der Waals surface area (Å²) in [5, 5.41) is 2.47. The topological polar surface area (TPSA) is 108 Å². The van der Waals surface area contributed by atoms with Gasteiger partial charge < -0.3 is 19.5 Å². The van der Waals surface area contributed by atoms with E-state index in [1.807, 2.05) is 13.0 Å². The number of aromatic nitrogens is 2. The first-order chi connectivity index (χ1) is 14.4. The second-order valence-electron chi connectivity index (χ2n) is 6.47. The molecule has 1 amide bonds. The van der Waals surface area contributed by atoms with Crippen molar-refractivity contribution in [2.45, 2.75) is 13.5 Å². The molecule has 30 heavy (non-hydrogen) atoms. The van der Waals surface area contributed by atoms with Crippen molar-refractivity contribution in [1.82, 2.24) is 14.7 Å². The van der Waals surface area contributed by atoms with Crippen LogP contribution >= 0.6 is 0 Å². The van der Waals surface area contributed by atoms with Gasteiger partial charge in [-0.1, -0.05) is 6.07 Å². The summed E-state index contributed by atoms with van der Waals surface area (Å²) < 4.78 is 16.8. The molecule has 0 atom stereocenters. The van der Waals surface area contributed by atoms with Gasteiger partial charge in [0.05, 0.1) is 19.9 Å². The van der Waals surface area contributed by atoms with Crippen LogP contribution in [-0.4, -0.2) is 42.0 Å². The minimum absolute atomic E-state index is 0.179. The number of fused-ring (bicyclic) bond motifs is 1. The number of carbonyl (C=O) groups is 2. The van der Waals surface area contributed by atoms with E-state index in [-0.39, 0.29) is 24.3 Å². The van der Waals surface area contributed by atoms with Crippen molar-refractivity contribution in [3.8, 4) is 11.5 Å². The molecule has 2 aromatic heterocycles. The number of nitrogens with one attached hydrogen (secondary N) is 1. The van der Waals surface area contributed by atoms with Crippen molar-refractivity contribution in [3.05, 3.63) is 69.8 Å². The Labute approximate surface area is 172 Å². The molecule has 1 N–H and O–H groups in total. The Balaban J connectivity index is 1.59. The van der Waals surface area contributed by atoms with Crippen LogP contribution in [0.1, 0.15) is 21.6 Å². The molecule has 1 aromatic carbocycles. The largest absolute Gasteiger partial charge is 0.497 e. The molecule has 0 fully saturated rings. The van der Waals surface area contributed by atoms with E-state index in [1.54, 1.807) is 18.3 Å². The molecule has 9 heteroatoms. The fourth-order valence-corrected chi connectivity index (χ4v) is 2.73. The van der Waals surface area contributed by atoms with E-state index in [1.165, 1.54) is 36.8 Å². The molecule has 0 unspecified atom stereocenters. The molecule has 0 aliphatic carbocycles. The second-order valence-corrected chi connectivity index (χ2v) is 6.47. The summed E-state index contributed by atoms with van der Waals surface area (Å²) in [6, 6.07) is 9.53. The van der Waals surface area contributed by atoms with E-state index in [0.717, 1.165) is 5.56 Å². The third-order valence-corrected chi connectivity index (χ3v) is 4.25. The molecule has 0 spiro atoms. The van der Waals surface area contributed by atoms with Gasteiger partial charge in [0.2, 0.25) is 0 Å². The van der Waals surface area contributed by atoms with Crippen LogP contribution in [0.15, 0.2) is 47.4 Å². The smallest absolute Gasteiger partial charge is 0.325 e. The Morgan fingerprint density at radius 1 is 1.07 bits per heavy atom. The maximum absolute atomic E-state index is 12.3. The summed E-state index contributed by atoms with van der Waals surface area (Å²) in [5.41, 5.74) is 1.71. The van der Waals surface area contributed by atoms with Crippen molar-refractivity contribution in [1.29, 1.82) is 0 Å². The maximum Gasteiger partial charge on any atom is 0.325 e. The average Bonchev–Trinajstić information content (AvgIpc) is 2.76. The van der Waals surface area contributed by atoms with Crippen LogP contribution in [-0.2, 0) is 16.1 Å². The van der Waals surface area contributed by atoms with Gasteiger partial charge in [-0.25, -0.2) is 4.98 Å². The fraction of sp³-hybridized carbons (Fsp3) is 0.238. The normalized spacial score (nSPS) is 10.5. The first-order valence-electron chi connectivity index (χ1n) is 9.05. The van der Waals surface area contributed by atoms with Gasteiger partial charge in [-0.05, 0) is 30.7 Å². The summed E-state index contributed by atoms with van der Waals surface area (Å²) in [6.45, 7) is 1.35. The first-order valence-corrected chi connectivity index (χ1v) is 9.05. The highest BCUT2D eigenvalue weighted by molar-refractivity contribution is 5.96. The predicted molar refractivity (Wildman–Crippen MR) is 108 cm³/mol. The Kier molecular flexibility index (Phi) is 6.31. The number of benzene rings is 1. The van der Waals surface area contributed by atoms with Gasteiger partial charge in [0.15, 0.2) is 0 Å². The van der Waals surface area contributed by atoms with Gasteiger partial charge in [0, 0.05) is 23.9 Å². The van der Waals surface area contributed by atoms with Crippen LogP contribution in [0.2, 0.25) is 0 Å². The number of hydrogen-bond acceptors (Lipinski definition) is 7. The predicted octanol–water partition coefficient (Wildman–Crippen LogP) is 1.49. The number of nitrogens with zero attached hydrogens (tertiary/aromatic N) is 2. The fourth-order valence-electron chi connectivity index (χ4n) is 2.73. The molecular formula is C21H21N3O6. The number of pyridine rings is 1. The maximum atomic E-state index is 12.3. The molecule has 0 bridgehead atoms. The SMILES string of the molecule is COc1cc(OC)cc(C(=O)NCC(=O)OCc2cc(=O)n3cc(C)ccc3n2)c1. The Bertz CT molecular complexity index is 1130. The molecule has 0 aliphatic heterocycles. The summed E-state index contributed by atoms with van der Waals surface area (Å²) in [4.78, 5) is 40.8. The number of amides is 1. The zero-order valence-electron chi connectivity index (χ0n) is 16.8. The minimum Gasteiger partial charge on any atom is -0.497 e. The Morgan fingerprint density at radius 3 is 2.43 bits per heavy atom. The lowest BCUT2D eigenvalue weighted by Gasteiger charge is -2.09. The van der Waals surface area contributed by atoms with Crippen LogP contribution in [0, 0.1) is 6.92 Å². The summed E-state index contributed by atoms with van der Waals surface area (Å²) in [6.07, 6.45) is 1.68. The van der Waals surface area contributed by atoms with E-state index in [0.29, 0.717) is 22.8 Å². The Hall–Kier alpha value is -3.88. The highest BCUT2D eigenvalue weighted by Gasteiger charge is 2.13. The van der Waals surface area contributed by atoms with Crippen molar-refractivity contribution < 1.29 is 23.8 Å². The van der Waals surface area contributed by atoms with E-state index in [4.69, 9.17) is 14.2 Å². The van der Waals surface area contributed by atoms with Crippen LogP contribution in [0.5, 0.6) is 11.5 Å². The molecule has 2 heterocycles. The molecule has 3 rings (SSSR count). The third kappa shape index (κ3) is 4.93. The summed E-state index contributed by atoms with van der Waals surface area (Å²) in [5.74, 6) is -0.248. The quantitative estimate of drug-likeness (QED) is 0.587. The van der Waals surface area contributed by atoms with E-state index in [2.05, 4.69) is 10.3 Å². The van der Waals surface area contributed by atoms with Crippen LogP contribution < -0.4 is 20.3 Å². The highest BCUT2D eigenvalue weighted by atomic mass is 16.5. The lowest BCUT2D eigenvalue weighted by atomic mass is 10.2. The average molecular weight is 411 g/mol. The molecule has 3 aromatic rings. The van der Waals surface area contributed by atoms with Gasteiger partial charge in [-0.15, -0.1) is 0 Å². The zero-order chi connectivity index (χ0) is 21.7. The number of methoxy groups -OCH3 is 2. The van der Waals surface area contributed by atoms with E-state index < -0.39 is 11.9 Å². The van der Waals surface area contributed by atoms with Crippen molar-refractivity contribution in [2.75, 3.05) is 20.8 Å². The van der Waals surface area contributed by atoms with Crippen molar-refractivity contribution in [3.63, 3.8) is 0 Å². The molecular weight excluding hydrogens is 390 g/mol.